The van der Waals surface area contributed by atoms with Crippen LogP contribution in [-0.2, 0) is 4.79 Å². The number of anilines is 2. The molecule has 0 spiro atoms. The molecule has 0 fully saturated rings. The van der Waals surface area contributed by atoms with Crippen LogP contribution in [0.1, 0.15) is 5.56 Å². The topological polar surface area (TPSA) is 64.3 Å². The van der Waals surface area contributed by atoms with Gasteiger partial charge >= 0.3 is 0 Å². The Morgan fingerprint density at radius 2 is 1.89 bits per heavy atom. The van der Waals surface area contributed by atoms with E-state index in [9.17, 15) is 4.79 Å². The number of carbonyl (C=O) groups excluding carboxylic acids is 1. The monoisotopic (exact) mass is 252 g/mol. The summed E-state index contributed by atoms with van der Waals surface area (Å²) >= 11 is 0. The van der Waals surface area contributed by atoms with Gasteiger partial charge in [0.05, 0.1) is 5.69 Å². The van der Waals surface area contributed by atoms with Crippen molar-refractivity contribution in [2.24, 2.45) is 0 Å². The number of hydrogen-bond acceptors (Lipinski definition) is 3. The number of nitrogen functional groups attached to an aromatic ring is 1. The fraction of sp³-hybridized carbons (Fsp3) is 0. The van der Waals surface area contributed by atoms with Crippen molar-refractivity contribution in [3.8, 4) is 5.75 Å². The fourth-order valence-electron chi connectivity index (χ4n) is 1.87. The summed E-state index contributed by atoms with van der Waals surface area (Å²) < 4.78 is 5.60. The van der Waals surface area contributed by atoms with Gasteiger partial charge in [0, 0.05) is 11.8 Å². The number of nitrogens with one attached hydrogen (secondary N) is 1. The summed E-state index contributed by atoms with van der Waals surface area (Å²) in [5.41, 5.74) is 7.83. The minimum Gasteiger partial charge on any atom is -0.449 e. The first kappa shape index (κ1) is 11.3. The fourth-order valence-corrected chi connectivity index (χ4v) is 1.87. The summed E-state index contributed by atoms with van der Waals surface area (Å²) in [5, 5.41) is 2.77. The number of nitrogens with two attached hydrogens (primary N) is 1. The molecule has 19 heavy (non-hydrogen) atoms. The third kappa shape index (κ3) is 2.28. The molecule has 2 aromatic carbocycles. The molecule has 0 atom stereocenters. The molecule has 3 rings (SSSR count). The number of hydrogen-bond donors (Lipinski definition) is 2. The Kier molecular flexibility index (Phi) is 2.68. The van der Waals surface area contributed by atoms with E-state index in [0.29, 0.717) is 17.1 Å². The molecule has 1 aliphatic heterocycles. The zero-order valence-corrected chi connectivity index (χ0v) is 10.1. The Hall–Kier alpha value is -2.75. The van der Waals surface area contributed by atoms with Crippen LogP contribution < -0.4 is 15.8 Å². The Morgan fingerprint density at radius 1 is 1.11 bits per heavy atom. The summed E-state index contributed by atoms with van der Waals surface area (Å²) in [7, 11) is 0. The molecule has 0 radical (unpaired) electrons. The van der Waals surface area contributed by atoms with Crippen LogP contribution in [0.4, 0.5) is 11.4 Å². The average molecular weight is 252 g/mol. The highest BCUT2D eigenvalue weighted by atomic mass is 16.5. The molecular formula is C15H12N2O2. The molecule has 94 valence electrons. The molecule has 2 aromatic rings. The first-order valence-corrected chi connectivity index (χ1v) is 5.88. The largest absolute Gasteiger partial charge is 0.449 e. The minimum absolute atomic E-state index is 0.254. The summed E-state index contributed by atoms with van der Waals surface area (Å²) in [4.78, 5) is 11.9. The second-order valence-corrected chi connectivity index (χ2v) is 4.23. The van der Waals surface area contributed by atoms with Crippen molar-refractivity contribution >= 4 is 23.4 Å². The third-order valence-electron chi connectivity index (χ3n) is 2.79. The van der Waals surface area contributed by atoms with Crippen molar-refractivity contribution in [2.45, 2.75) is 0 Å². The van der Waals surface area contributed by atoms with Crippen LogP contribution in [0.15, 0.2) is 54.3 Å². The standard InChI is InChI=1S/C15H12N2O2/c16-11-6-7-12-13(9-11)19-14(15(18)17-12)8-10-4-2-1-3-5-10/h1-9H,16H2,(H,17,18)/b14-8+. The molecule has 1 amide bonds. The van der Waals surface area contributed by atoms with Crippen molar-refractivity contribution in [1.82, 2.24) is 0 Å². The van der Waals surface area contributed by atoms with Crippen molar-refractivity contribution in [3.05, 3.63) is 59.9 Å². The normalized spacial score (nSPS) is 15.6. The molecule has 4 heteroatoms. The zero-order chi connectivity index (χ0) is 13.2. The van der Waals surface area contributed by atoms with Gasteiger partial charge in [0.25, 0.3) is 5.91 Å². The molecule has 0 aromatic heterocycles. The van der Waals surface area contributed by atoms with E-state index in [0.717, 1.165) is 5.56 Å². The van der Waals surface area contributed by atoms with E-state index in [2.05, 4.69) is 5.32 Å². The highest BCUT2D eigenvalue weighted by Gasteiger charge is 2.21. The first-order chi connectivity index (χ1) is 9.22. The van der Waals surface area contributed by atoms with Gasteiger partial charge in [0.1, 0.15) is 0 Å². The lowest BCUT2D eigenvalue weighted by atomic mass is 10.1. The predicted molar refractivity (Wildman–Crippen MR) is 74.5 cm³/mol. The summed E-state index contributed by atoms with van der Waals surface area (Å²) in [6.45, 7) is 0. The van der Waals surface area contributed by atoms with E-state index < -0.39 is 0 Å². The number of ether oxygens (including phenoxy) is 1. The van der Waals surface area contributed by atoms with Crippen LogP contribution >= 0.6 is 0 Å². The second-order valence-electron chi connectivity index (χ2n) is 4.23. The molecule has 1 heterocycles. The molecule has 0 bridgehead atoms. The maximum atomic E-state index is 11.9. The lowest BCUT2D eigenvalue weighted by Gasteiger charge is -2.20. The summed E-state index contributed by atoms with van der Waals surface area (Å²) in [5.74, 6) is 0.548. The van der Waals surface area contributed by atoms with Gasteiger partial charge in [-0.1, -0.05) is 30.3 Å². The maximum absolute atomic E-state index is 11.9. The van der Waals surface area contributed by atoms with Gasteiger partial charge in [-0.3, -0.25) is 4.79 Å². The van der Waals surface area contributed by atoms with Crippen LogP contribution in [0.25, 0.3) is 6.08 Å². The van der Waals surface area contributed by atoms with Crippen LogP contribution in [-0.4, -0.2) is 5.91 Å². The van der Waals surface area contributed by atoms with E-state index in [1.165, 1.54) is 0 Å². The van der Waals surface area contributed by atoms with E-state index in [1.54, 1.807) is 24.3 Å². The number of rotatable bonds is 1. The number of fused-ring (bicyclic) bond motifs is 1. The molecule has 3 N–H and O–H groups in total. The quantitative estimate of drug-likeness (QED) is 0.605. The second kappa shape index (κ2) is 4.49. The molecular weight excluding hydrogens is 240 g/mol. The van der Waals surface area contributed by atoms with Gasteiger partial charge in [-0.05, 0) is 23.8 Å². The van der Waals surface area contributed by atoms with Gasteiger partial charge < -0.3 is 15.8 Å². The lowest BCUT2D eigenvalue weighted by Crippen LogP contribution is -2.23. The van der Waals surface area contributed by atoms with E-state index in [4.69, 9.17) is 10.5 Å². The average Bonchev–Trinajstić information content (AvgIpc) is 2.41. The molecule has 1 aliphatic rings. The highest BCUT2D eigenvalue weighted by Crippen LogP contribution is 2.32. The van der Waals surface area contributed by atoms with Crippen LogP contribution in [0, 0.1) is 0 Å². The van der Waals surface area contributed by atoms with Gasteiger partial charge in [-0.2, -0.15) is 0 Å². The van der Waals surface area contributed by atoms with Crippen molar-refractivity contribution < 1.29 is 9.53 Å². The molecule has 4 nitrogen and oxygen atoms in total. The van der Waals surface area contributed by atoms with Crippen molar-refractivity contribution in [2.75, 3.05) is 11.1 Å². The van der Waals surface area contributed by atoms with E-state index >= 15 is 0 Å². The Balaban J connectivity index is 1.97. The van der Waals surface area contributed by atoms with Crippen LogP contribution in [0.2, 0.25) is 0 Å². The highest BCUT2D eigenvalue weighted by molar-refractivity contribution is 6.08. The first-order valence-electron chi connectivity index (χ1n) is 5.88. The molecule has 0 saturated carbocycles. The third-order valence-corrected chi connectivity index (χ3v) is 2.79. The summed E-state index contributed by atoms with van der Waals surface area (Å²) in [6.07, 6.45) is 1.70. The smallest absolute Gasteiger partial charge is 0.291 e. The molecule has 0 aliphatic carbocycles. The van der Waals surface area contributed by atoms with E-state index in [1.807, 2.05) is 30.3 Å². The number of amides is 1. The lowest BCUT2D eigenvalue weighted by molar-refractivity contribution is -0.115. The van der Waals surface area contributed by atoms with Crippen molar-refractivity contribution in [1.29, 1.82) is 0 Å². The van der Waals surface area contributed by atoms with Gasteiger partial charge in [-0.15, -0.1) is 0 Å². The maximum Gasteiger partial charge on any atom is 0.291 e. The van der Waals surface area contributed by atoms with Gasteiger partial charge in [0.2, 0.25) is 0 Å². The Bertz CT molecular complexity index is 663. The van der Waals surface area contributed by atoms with Gasteiger partial charge in [0.15, 0.2) is 11.5 Å². The zero-order valence-electron chi connectivity index (χ0n) is 10.1. The number of benzene rings is 2. The van der Waals surface area contributed by atoms with E-state index in [-0.39, 0.29) is 11.7 Å². The minimum atomic E-state index is -0.263. The molecule has 0 unspecified atom stereocenters. The van der Waals surface area contributed by atoms with Crippen LogP contribution in [0.5, 0.6) is 5.75 Å². The Morgan fingerprint density at radius 3 is 2.68 bits per heavy atom. The van der Waals surface area contributed by atoms with Gasteiger partial charge in [-0.25, -0.2) is 0 Å². The van der Waals surface area contributed by atoms with Crippen LogP contribution in [0.3, 0.4) is 0 Å². The SMILES string of the molecule is Nc1ccc2c(c1)O/C(=C/c1ccccc1)C(=O)N2. The Labute approximate surface area is 110 Å². The summed E-state index contributed by atoms with van der Waals surface area (Å²) in [6, 6.07) is 14.7. The number of carbonyl (C=O) groups is 1. The predicted octanol–water partition coefficient (Wildman–Crippen LogP) is 2.64. The van der Waals surface area contributed by atoms with Crippen molar-refractivity contribution in [3.63, 3.8) is 0 Å². The molecule has 0 saturated heterocycles.